The van der Waals surface area contributed by atoms with Crippen LogP contribution >= 0.6 is 22.9 Å². The van der Waals surface area contributed by atoms with Crippen molar-refractivity contribution in [3.05, 3.63) is 70.3 Å². The first-order valence-electron chi connectivity index (χ1n) is 15.1. The fourth-order valence-electron chi connectivity index (χ4n) is 7.40. The van der Waals surface area contributed by atoms with Crippen molar-refractivity contribution in [2.75, 3.05) is 31.6 Å². The highest BCUT2D eigenvalue weighted by atomic mass is 35.5. The number of amides is 2. The Morgan fingerprint density at radius 3 is 2.67 bits per heavy atom. The van der Waals surface area contributed by atoms with Gasteiger partial charge in [0.1, 0.15) is 17.1 Å². The summed E-state index contributed by atoms with van der Waals surface area (Å²) in [6.07, 6.45) is 5.27. The molecule has 5 aromatic rings. The summed E-state index contributed by atoms with van der Waals surface area (Å²) in [7, 11) is 1.64. The van der Waals surface area contributed by atoms with Crippen LogP contribution in [0.3, 0.4) is 0 Å². The Morgan fingerprint density at radius 2 is 1.93 bits per heavy atom. The molecule has 3 aliphatic rings. The number of imidazole rings is 1. The predicted molar refractivity (Wildman–Crippen MR) is 176 cm³/mol. The number of piperidine rings is 1. The highest BCUT2D eigenvalue weighted by molar-refractivity contribution is 7.17. The van der Waals surface area contributed by atoms with Crippen molar-refractivity contribution in [1.82, 2.24) is 19.4 Å². The molecule has 1 saturated carbocycles. The molecule has 12 heteroatoms. The third-order valence-electron chi connectivity index (χ3n) is 9.74. The molecule has 1 aliphatic carbocycles. The average molecular weight is 642 g/mol. The van der Waals surface area contributed by atoms with E-state index in [1.165, 1.54) is 6.20 Å². The number of anilines is 1. The van der Waals surface area contributed by atoms with Crippen molar-refractivity contribution in [2.24, 2.45) is 23.3 Å². The van der Waals surface area contributed by atoms with Crippen LogP contribution in [0.15, 0.2) is 54.2 Å². The summed E-state index contributed by atoms with van der Waals surface area (Å²) < 4.78 is 9.30. The van der Waals surface area contributed by atoms with E-state index >= 15 is 0 Å². The molecule has 4 N–H and O–H groups in total. The minimum atomic E-state index is -0.496. The maximum absolute atomic E-state index is 13.8. The number of benzene rings is 2. The number of thiophene rings is 1. The number of primary amides is 1. The molecule has 0 spiro atoms. The van der Waals surface area contributed by atoms with Gasteiger partial charge >= 0.3 is 0 Å². The Labute approximate surface area is 268 Å². The van der Waals surface area contributed by atoms with Crippen LogP contribution in [0.1, 0.15) is 33.6 Å². The number of likely N-dealkylation sites (tertiary alicyclic amines) is 1. The number of fused-ring (bicyclic) bond motifs is 4. The minimum absolute atomic E-state index is 0.0249. The molecule has 10 nitrogen and oxygen atoms in total. The molecule has 0 unspecified atom stereocenters. The van der Waals surface area contributed by atoms with E-state index < -0.39 is 5.91 Å². The lowest BCUT2D eigenvalue weighted by molar-refractivity contribution is 0.0700. The summed E-state index contributed by atoms with van der Waals surface area (Å²) >= 11 is 8.09. The van der Waals surface area contributed by atoms with Crippen LogP contribution in [0.25, 0.3) is 32.5 Å². The van der Waals surface area contributed by atoms with Crippen LogP contribution in [0.4, 0.5) is 5.69 Å². The van der Waals surface area contributed by atoms with E-state index in [9.17, 15) is 9.59 Å². The molecular formula is C33H32ClN7O3S. The van der Waals surface area contributed by atoms with Crippen LogP contribution in [0.5, 0.6) is 5.75 Å². The zero-order valence-electron chi connectivity index (χ0n) is 24.6. The number of nitrogens with two attached hydrogens (primary N) is 2. The summed E-state index contributed by atoms with van der Waals surface area (Å²) in [6.45, 7) is 2.92. The van der Waals surface area contributed by atoms with Gasteiger partial charge in [-0.3, -0.25) is 14.6 Å². The van der Waals surface area contributed by atoms with Gasteiger partial charge in [0.15, 0.2) is 0 Å². The van der Waals surface area contributed by atoms with Gasteiger partial charge in [0.25, 0.3) is 5.91 Å². The second-order valence-corrected chi connectivity index (χ2v) is 13.7. The number of aromatic nitrogens is 3. The Bertz CT molecular complexity index is 2000. The molecule has 3 aromatic heterocycles. The monoisotopic (exact) mass is 641 g/mol. The lowest BCUT2D eigenvalue weighted by Crippen LogP contribution is -2.48. The Balaban J connectivity index is 1.18. The van der Waals surface area contributed by atoms with Gasteiger partial charge in [-0.25, -0.2) is 4.98 Å². The molecule has 2 bridgehead atoms. The first-order chi connectivity index (χ1) is 21.8. The molecule has 3 fully saturated rings. The molecule has 3 atom stereocenters. The number of halogens is 1. The highest BCUT2D eigenvalue weighted by Gasteiger charge is 2.47. The maximum Gasteiger partial charge on any atom is 0.254 e. The van der Waals surface area contributed by atoms with Crippen molar-refractivity contribution in [3.8, 4) is 17.1 Å². The number of carbonyl (C=O) groups is 2. The van der Waals surface area contributed by atoms with Gasteiger partial charge in [-0.15, -0.1) is 11.3 Å². The molecule has 2 aromatic carbocycles. The van der Waals surface area contributed by atoms with Crippen molar-refractivity contribution in [2.45, 2.75) is 31.5 Å². The molecule has 0 radical (unpaired) electrons. The topological polar surface area (TPSA) is 133 Å². The number of ether oxygens (including phenoxy) is 1. The molecule has 2 saturated heterocycles. The highest BCUT2D eigenvalue weighted by Crippen LogP contribution is 2.41. The summed E-state index contributed by atoms with van der Waals surface area (Å²) in [5.41, 5.74) is 16.3. The third kappa shape index (κ3) is 4.63. The molecule has 2 amide bonds. The second kappa shape index (κ2) is 10.7. The number of carbonyl (C=O) groups excluding carboxylic acids is 2. The van der Waals surface area contributed by atoms with E-state index in [1.807, 2.05) is 35.2 Å². The lowest BCUT2D eigenvalue weighted by Gasteiger charge is -2.41. The van der Waals surface area contributed by atoms with E-state index in [4.69, 9.17) is 32.8 Å². The summed E-state index contributed by atoms with van der Waals surface area (Å²) in [4.78, 5) is 39.0. The first-order valence-corrected chi connectivity index (χ1v) is 16.4. The number of hydrogen-bond donors (Lipinski definition) is 2. The third-order valence-corrected chi connectivity index (χ3v) is 10.9. The van der Waals surface area contributed by atoms with Gasteiger partial charge in [0.05, 0.1) is 30.1 Å². The normalized spacial score (nSPS) is 21.2. The lowest BCUT2D eigenvalue weighted by atomic mass is 9.98. The number of pyridine rings is 1. The van der Waals surface area contributed by atoms with Crippen LogP contribution in [0.2, 0.25) is 5.02 Å². The van der Waals surface area contributed by atoms with E-state index in [-0.39, 0.29) is 18.0 Å². The van der Waals surface area contributed by atoms with Crippen LogP contribution in [-0.2, 0) is 6.54 Å². The fourth-order valence-corrected chi connectivity index (χ4v) is 8.50. The average Bonchev–Trinajstić information content (AvgIpc) is 3.78. The van der Waals surface area contributed by atoms with Gasteiger partial charge in [0.2, 0.25) is 5.91 Å². The number of hydrogen-bond acceptors (Lipinski definition) is 8. The zero-order chi connectivity index (χ0) is 31.0. The zero-order valence-corrected chi connectivity index (χ0v) is 26.2. The molecule has 45 heavy (non-hydrogen) atoms. The van der Waals surface area contributed by atoms with Gasteiger partial charge in [0, 0.05) is 82.0 Å². The second-order valence-electron chi connectivity index (χ2n) is 12.4. The van der Waals surface area contributed by atoms with Gasteiger partial charge in [-0.2, -0.15) is 0 Å². The first kappa shape index (κ1) is 28.3. The standard InChI is InChI=1S/C33H32ClN7O3S/c1-44-27-8-19(33(43)40-15-18-2-4-26(40)29(18)35)7-25-30(27)41(32(38-25)24-16-45-28-5-3-21(34)9-23(24)28)14-17-12-39(13-17)22-6-20(31(36)42)10-37-11-22/h3,5-11,16-18,26,29H,2,4,12-15,35H2,1H3,(H2,36,42)/t18-,26-,29-/m1/s1. The quantitative estimate of drug-likeness (QED) is 0.262. The fraction of sp³-hybridized carbons (Fsp3) is 0.333. The summed E-state index contributed by atoms with van der Waals surface area (Å²) in [5, 5.41) is 3.81. The molecule has 2 aliphatic heterocycles. The van der Waals surface area contributed by atoms with Gasteiger partial charge < -0.3 is 30.6 Å². The molecule has 8 rings (SSSR count). The maximum atomic E-state index is 13.8. The minimum Gasteiger partial charge on any atom is -0.494 e. The van der Waals surface area contributed by atoms with E-state index in [2.05, 4.69) is 19.8 Å². The van der Waals surface area contributed by atoms with E-state index in [0.717, 1.165) is 58.6 Å². The van der Waals surface area contributed by atoms with Gasteiger partial charge in [-0.1, -0.05) is 11.6 Å². The summed E-state index contributed by atoms with van der Waals surface area (Å²) in [5.74, 6) is 1.55. The van der Waals surface area contributed by atoms with E-state index in [0.29, 0.717) is 52.3 Å². The van der Waals surface area contributed by atoms with Crippen LogP contribution < -0.4 is 21.1 Å². The van der Waals surface area contributed by atoms with Crippen molar-refractivity contribution >= 4 is 61.6 Å². The largest absolute Gasteiger partial charge is 0.494 e. The van der Waals surface area contributed by atoms with Crippen LogP contribution in [0, 0.1) is 11.8 Å². The molecule has 230 valence electrons. The number of methoxy groups -OCH3 is 1. The van der Waals surface area contributed by atoms with Crippen LogP contribution in [-0.4, -0.2) is 70.1 Å². The smallest absolute Gasteiger partial charge is 0.254 e. The predicted octanol–water partition coefficient (Wildman–Crippen LogP) is 4.77. The van der Waals surface area contributed by atoms with Gasteiger partial charge in [-0.05, 0) is 55.2 Å². The van der Waals surface area contributed by atoms with Crippen molar-refractivity contribution in [1.29, 1.82) is 0 Å². The Morgan fingerprint density at radius 1 is 1.09 bits per heavy atom. The molecular weight excluding hydrogens is 610 g/mol. The summed E-state index contributed by atoms with van der Waals surface area (Å²) in [6, 6.07) is 11.6. The Hall–Kier alpha value is -4.19. The SMILES string of the molecule is COc1cc(C(=O)N2C[C@H]3CC[C@@H]2[C@@H]3N)cc2nc(-c3csc4ccc(Cl)cc34)n(CC3CN(c4cncc(C(N)=O)c4)C3)c12. The molecule has 5 heterocycles. The van der Waals surface area contributed by atoms with Crippen molar-refractivity contribution < 1.29 is 14.3 Å². The number of rotatable bonds is 7. The van der Waals surface area contributed by atoms with E-state index in [1.54, 1.807) is 30.7 Å². The number of nitrogens with zero attached hydrogens (tertiary/aromatic N) is 5. The van der Waals surface area contributed by atoms with Crippen molar-refractivity contribution in [3.63, 3.8) is 0 Å². The Kier molecular flexibility index (Phi) is 6.74.